The van der Waals surface area contributed by atoms with Gasteiger partial charge in [-0.05, 0) is 24.5 Å². The summed E-state index contributed by atoms with van der Waals surface area (Å²) in [6.45, 7) is 3.71. The van der Waals surface area contributed by atoms with E-state index in [4.69, 9.17) is 0 Å². The summed E-state index contributed by atoms with van der Waals surface area (Å²) >= 11 is 1.79. The second-order valence-corrected chi connectivity index (χ2v) is 4.33. The lowest BCUT2D eigenvalue weighted by molar-refractivity contribution is 1.02. The summed E-state index contributed by atoms with van der Waals surface area (Å²) in [7, 11) is 0. The first-order valence-corrected chi connectivity index (χ1v) is 5.78. The van der Waals surface area contributed by atoms with Gasteiger partial charge in [0.25, 0.3) is 0 Å². The standard InChI is InChI=1S/C12H13NS/c1-2-9-14-12-8-7-10-5-3-4-6-11(10)13-12/h2-6H,1,7-9H2. The minimum atomic E-state index is 0.959. The van der Waals surface area contributed by atoms with E-state index in [9.17, 15) is 0 Å². The minimum absolute atomic E-state index is 0.959. The van der Waals surface area contributed by atoms with Crippen molar-refractivity contribution in [1.29, 1.82) is 0 Å². The maximum absolute atomic E-state index is 4.61. The van der Waals surface area contributed by atoms with Crippen molar-refractivity contribution < 1.29 is 0 Å². The van der Waals surface area contributed by atoms with Crippen LogP contribution >= 0.6 is 11.8 Å². The van der Waals surface area contributed by atoms with Crippen LogP contribution in [-0.2, 0) is 6.42 Å². The molecule has 2 heteroatoms. The average Bonchev–Trinajstić information content (AvgIpc) is 2.26. The molecule has 1 aromatic rings. The molecule has 0 aromatic heterocycles. The Morgan fingerprint density at radius 2 is 2.21 bits per heavy atom. The fourth-order valence-electron chi connectivity index (χ4n) is 1.52. The Morgan fingerprint density at radius 3 is 3.07 bits per heavy atom. The van der Waals surface area contributed by atoms with Crippen molar-refractivity contribution in [3.05, 3.63) is 42.5 Å². The Labute approximate surface area is 88.9 Å². The molecule has 0 atom stereocenters. The third kappa shape index (κ3) is 2.07. The van der Waals surface area contributed by atoms with Crippen LogP contribution in [-0.4, -0.2) is 10.8 Å². The topological polar surface area (TPSA) is 12.4 Å². The number of para-hydroxylation sites is 1. The highest BCUT2D eigenvalue weighted by atomic mass is 32.2. The lowest BCUT2D eigenvalue weighted by Gasteiger charge is -2.13. The zero-order valence-corrected chi connectivity index (χ0v) is 8.89. The number of hydrogen-bond acceptors (Lipinski definition) is 2. The smallest absolute Gasteiger partial charge is 0.0745 e. The van der Waals surface area contributed by atoms with Gasteiger partial charge in [0, 0.05) is 5.75 Å². The van der Waals surface area contributed by atoms with Gasteiger partial charge in [-0.25, -0.2) is 4.99 Å². The van der Waals surface area contributed by atoms with E-state index >= 15 is 0 Å². The summed E-state index contributed by atoms with van der Waals surface area (Å²) in [4.78, 5) is 4.61. The number of fused-ring (bicyclic) bond motifs is 1. The normalized spacial score (nSPS) is 14.4. The monoisotopic (exact) mass is 203 g/mol. The third-order valence-corrected chi connectivity index (χ3v) is 3.24. The van der Waals surface area contributed by atoms with Crippen LogP contribution in [0.1, 0.15) is 12.0 Å². The Balaban J connectivity index is 2.18. The highest BCUT2D eigenvalue weighted by Gasteiger charge is 2.10. The number of hydrogen-bond donors (Lipinski definition) is 0. The van der Waals surface area contributed by atoms with Gasteiger partial charge in [0.15, 0.2) is 0 Å². The van der Waals surface area contributed by atoms with Crippen LogP contribution in [0.3, 0.4) is 0 Å². The van der Waals surface area contributed by atoms with Gasteiger partial charge in [-0.2, -0.15) is 0 Å². The van der Waals surface area contributed by atoms with Crippen molar-refractivity contribution in [3.8, 4) is 0 Å². The molecule has 0 radical (unpaired) electrons. The molecule has 0 fully saturated rings. The molecule has 1 aliphatic heterocycles. The lowest BCUT2D eigenvalue weighted by Crippen LogP contribution is -2.02. The summed E-state index contributed by atoms with van der Waals surface area (Å²) in [5, 5.41) is 1.24. The number of benzene rings is 1. The molecule has 0 saturated heterocycles. The fraction of sp³-hybridized carbons (Fsp3) is 0.250. The Hall–Kier alpha value is -1.02. The van der Waals surface area contributed by atoms with E-state index in [0.717, 1.165) is 24.3 Å². The van der Waals surface area contributed by atoms with Gasteiger partial charge in [0.1, 0.15) is 0 Å². The van der Waals surface area contributed by atoms with Crippen molar-refractivity contribution in [2.24, 2.45) is 4.99 Å². The molecular formula is C12H13NS. The molecule has 0 spiro atoms. The van der Waals surface area contributed by atoms with Gasteiger partial charge in [-0.3, -0.25) is 0 Å². The summed E-state index contributed by atoms with van der Waals surface area (Å²) in [5.74, 6) is 0.959. The van der Waals surface area contributed by atoms with E-state index in [1.54, 1.807) is 11.8 Å². The zero-order valence-electron chi connectivity index (χ0n) is 8.07. The van der Waals surface area contributed by atoms with Crippen LogP contribution in [0.5, 0.6) is 0 Å². The fourth-order valence-corrected chi connectivity index (χ4v) is 2.24. The Bertz CT molecular complexity index is 368. The van der Waals surface area contributed by atoms with Crippen LogP contribution in [0, 0.1) is 0 Å². The maximum Gasteiger partial charge on any atom is 0.0745 e. The third-order valence-electron chi connectivity index (χ3n) is 2.21. The molecule has 0 saturated carbocycles. The summed E-state index contributed by atoms with van der Waals surface area (Å²) < 4.78 is 0. The molecular weight excluding hydrogens is 190 g/mol. The number of rotatable bonds is 2. The van der Waals surface area contributed by atoms with Crippen LogP contribution < -0.4 is 0 Å². The molecule has 2 rings (SSSR count). The van der Waals surface area contributed by atoms with Gasteiger partial charge in [-0.15, -0.1) is 18.3 Å². The lowest BCUT2D eigenvalue weighted by atomic mass is 10.1. The Kier molecular flexibility index (Phi) is 3.04. The first kappa shape index (κ1) is 9.53. The van der Waals surface area contributed by atoms with E-state index in [1.165, 1.54) is 10.6 Å². The second-order valence-electron chi connectivity index (χ2n) is 3.23. The number of aliphatic imine (C=N–C) groups is 1. The largest absolute Gasteiger partial charge is 0.246 e. The SMILES string of the molecule is C=CCSC1=Nc2ccccc2CC1. The second kappa shape index (κ2) is 4.47. The molecule has 0 bridgehead atoms. The molecule has 1 aliphatic rings. The zero-order chi connectivity index (χ0) is 9.80. The molecule has 1 heterocycles. The van der Waals surface area contributed by atoms with Gasteiger partial charge in [-0.1, -0.05) is 24.3 Å². The maximum atomic E-state index is 4.61. The molecule has 1 nitrogen and oxygen atoms in total. The molecule has 1 aromatic carbocycles. The quantitative estimate of drug-likeness (QED) is 0.669. The van der Waals surface area contributed by atoms with E-state index < -0.39 is 0 Å². The Morgan fingerprint density at radius 1 is 1.36 bits per heavy atom. The number of aryl methyl sites for hydroxylation is 1. The van der Waals surface area contributed by atoms with Gasteiger partial charge >= 0.3 is 0 Å². The highest BCUT2D eigenvalue weighted by Crippen LogP contribution is 2.28. The van der Waals surface area contributed by atoms with E-state index in [-0.39, 0.29) is 0 Å². The molecule has 72 valence electrons. The van der Waals surface area contributed by atoms with Crippen LogP contribution in [0.2, 0.25) is 0 Å². The molecule has 0 amide bonds. The summed E-state index contributed by atoms with van der Waals surface area (Å²) in [6.07, 6.45) is 4.13. The molecule has 0 N–H and O–H groups in total. The molecule has 0 unspecified atom stereocenters. The molecule has 0 aliphatic carbocycles. The van der Waals surface area contributed by atoms with E-state index in [2.05, 4.69) is 29.8 Å². The predicted octanol–water partition coefficient (Wildman–Crippen LogP) is 3.58. The number of nitrogens with zero attached hydrogens (tertiary/aromatic N) is 1. The van der Waals surface area contributed by atoms with Crippen molar-refractivity contribution >= 4 is 22.5 Å². The van der Waals surface area contributed by atoms with E-state index in [1.807, 2.05) is 12.1 Å². The van der Waals surface area contributed by atoms with Gasteiger partial charge in [0.05, 0.1) is 10.7 Å². The van der Waals surface area contributed by atoms with Crippen LogP contribution in [0.15, 0.2) is 41.9 Å². The van der Waals surface area contributed by atoms with Gasteiger partial charge in [0.2, 0.25) is 0 Å². The van der Waals surface area contributed by atoms with Crippen LogP contribution in [0.4, 0.5) is 5.69 Å². The number of thioether (sulfide) groups is 1. The van der Waals surface area contributed by atoms with E-state index in [0.29, 0.717) is 0 Å². The van der Waals surface area contributed by atoms with Gasteiger partial charge < -0.3 is 0 Å². The van der Waals surface area contributed by atoms with Crippen molar-refractivity contribution in [2.75, 3.05) is 5.75 Å². The van der Waals surface area contributed by atoms with Crippen molar-refractivity contribution in [2.45, 2.75) is 12.8 Å². The van der Waals surface area contributed by atoms with Crippen molar-refractivity contribution in [3.63, 3.8) is 0 Å². The average molecular weight is 203 g/mol. The predicted molar refractivity (Wildman–Crippen MR) is 64.5 cm³/mol. The highest BCUT2D eigenvalue weighted by molar-refractivity contribution is 8.14. The van der Waals surface area contributed by atoms with Crippen LogP contribution in [0.25, 0.3) is 0 Å². The summed E-state index contributed by atoms with van der Waals surface area (Å²) in [5.41, 5.74) is 2.51. The molecule has 14 heavy (non-hydrogen) atoms. The summed E-state index contributed by atoms with van der Waals surface area (Å²) in [6, 6.07) is 8.37. The first-order valence-electron chi connectivity index (χ1n) is 4.79. The van der Waals surface area contributed by atoms with Crippen molar-refractivity contribution in [1.82, 2.24) is 0 Å². The first-order chi connectivity index (χ1) is 6.90. The minimum Gasteiger partial charge on any atom is -0.246 e.